The lowest BCUT2D eigenvalue weighted by Crippen LogP contribution is -2.19. The lowest BCUT2D eigenvalue weighted by molar-refractivity contribution is -0.143. The minimum atomic E-state index is -1.01. The molecule has 1 saturated carbocycles. The van der Waals surface area contributed by atoms with Crippen molar-refractivity contribution < 1.29 is 18.7 Å². The van der Waals surface area contributed by atoms with E-state index in [9.17, 15) is 13.6 Å². The maximum Gasteiger partial charge on any atom is 0.309 e. The van der Waals surface area contributed by atoms with Crippen LogP contribution < -0.4 is 0 Å². The molecule has 1 fully saturated rings. The highest BCUT2D eigenvalue weighted by molar-refractivity contribution is 6.30. The van der Waals surface area contributed by atoms with Crippen molar-refractivity contribution in [2.24, 2.45) is 5.41 Å². The summed E-state index contributed by atoms with van der Waals surface area (Å²) in [5, 5.41) is 8.76. The first-order valence-electron chi connectivity index (χ1n) is 4.82. The first-order valence-corrected chi connectivity index (χ1v) is 5.20. The van der Waals surface area contributed by atoms with Crippen LogP contribution in [0.2, 0.25) is 5.02 Å². The summed E-state index contributed by atoms with van der Waals surface area (Å²) in [6.07, 6.45) is 0.766. The van der Waals surface area contributed by atoms with Crippen molar-refractivity contribution in [3.8, 4) is 0 Å². The number of carboxylic acids is 1. The Bertz CT molecular complexity index is 456. The third kappa shape index (κ3) is 1.78. The van der Waals surface area contributed by atoms with Crippen LogP contribution in [0, 0.1) is 17.0 Å². The van der Waals surface area contributed by atoms with Gasteiger partial charge in [0.25, 0.3) is 0 Å². The summed E-state index contributed by atoms with van der Waals surface area (Å²) in [4.78, 5) is 10.9. The summed E-state index contributed by atoms with van der Waals surface area (Å²) in [7, 11) is 0. The summed E-state index contributed by atoms with van der Waals surface area (Å²) >= 11 is 5.53. The van der Waals surface area contributed by atoms with E-state index >= 15 is 0 Å². The van der Waals surface area contributed by atoms with Crippen molar-refractivity contribution in [2.45, 2.75) is 19.3 Å². The van der Waals surface area contributed by atoms with Gasteiger partial charge in [0.2, 0.25) is 0 Å². The SMILES string of the molecule is O=C(O)C1(Cc2c(F)ccc(Cl)c2F)CC1. The van der Waals surface area contributed by atoms with Crippen LogP contribution >= 0.6 is 11.6 Å². The predicted octanol–water partition coefficient (Wildman–Crippen LogP) is 3.03. The number of halogens is 3. The van der Waals surface area contributed by atoms with Gasteiger partial charge < -0.3 is 5.11 Å². The van der Waals surface area contributed by atoms with Gasteiger partial charge in [-0.1, -0.05) is 11.6 Å². The zero-order valence-corrected chi connectivity index (χ0v) is 9.02. The fourth-order valence-electron chi connectivity index (χ4n) is 1.69. The van der Waals surface area contributed by atoms with Gasteiger partial charge in [-0.15, -0.1) is 0 Å². The fourth-order valence-corrected chi connectivity index (χ4v) is 1.86. The zero-order valence-electron chi connectivity index (χ0n) is 8.27. The van der Waals surface area contributed by atoms with Crippen LogP contribution in [0.1, 0.15) is 18.4 Å². The number of carboxylic acid groups (broad SMARTS) is 1. The van der Waals surface area contributed by atoms with Gasteiger partial charge in [0.1, 0.15) is 11.6 Å². The summed E-state index contributed by atoms with van der Waals surface area (Å²) in [5.74, 6) is -2.60. The molecule has 0 aliphatic heterocycles. The number of aliphatic carboxylic acids is 1. The van der Waals surface area contributed by atoms with E-state index < -0.39 is 23.0 Å². The molecule has 0 aromatic heterocycles. The van der Waals surface area contributed by atoms with Crippen LogP contribution in [0.15, 0.2) is 12.1 Å². The highest BCUT2D eigenvalue weighted by atomic mass is 35.5. The molecule has 0 amide bonds. The van der Waals surface area contributed by atoms with Crippen molar-refractivity contribution in [3.05, 3.63) is 34.4 Å². The molecule has 0 unspecified atom stereocenters. The molecule has 16 heavy (non-hydrogen) atoms. The topological polar surface area (TPSA) is 37.3 Å². The van der Waals surface area contributed by atoms with Crippen LogP contribution in [0.4, 0.5) is 8.78 Å². The van der Waals surface area contributed by atoms with Gasteiger partial charge in [-0.3, -0.25) is 4.79 Å². The monoisotopic (exact) mass is 246 g/mol. The molecule has 0 spiro atoms. The molecule has 0 atom stereocenters. The lowest BCUT2D eigenvalue weighted by Gasteiger charge is -2.11. The molecule has 0 bridgehead atoms. The van der Waals surface area contributed by atoms with E-state index in [4.69, 9.17) is 16.7 Å². The van der Waals surface area contributed by atoms with E-state index in [2.05, 4.69) is 0 Å². The summed E-state index contributed by atoms with van der Waals surface area (Å²) in [6.45, 7) is 0. The Labute approximate surface area is 95.8 Å². The van der Waals surface area contributed by atoms with Crippen molar-refractivity contribution in [1.82, 2.24) is 0 Å². The Balaban J connectivity index is 2.35. The molecular formula is C11H9ClF2O2. The maximum absolute atomic E-state index is 13.5. The fraction of sp³-hybridized carbons (Fsp3) is 0.364. The van der Waals surface area contributed by atoms with E-state index in [0.29, 0.717) is 12.8 Å². The quantitative estimate of drug-likeness (QED) is 0.833. The summed E-state index contributed by atoms with van der Waals surface area (Å²) in [6, 6.07) is 2.18. The Kier molecular flexibility index (Phi) is 2.62. The molecule has 5 heteroatoms. The average molecular weight is 247 g/mol. The second kappa shape index (κ2) is 3.70. The Hall–Kier alpha value is -1.16. The molecule has 1 aromatic rings. The zero-order chi connectivity index (χ0) is 11.9. The number of hydrogen-bond donors (Lipinski definition) is 1. The molecule has 1 aromatic carbocycles. The van der Waals surface area contributed by atoms with E-state index in [-0.39, 0.29) is 17.0 Å². The van der Waals surface area contributed by atoms with Gasteiger partial charge in [0, 0.05) is 5.56 Å². The molecule has 0 radical (unpaired) electrons. The second-order valence-corrected chi connectivity index (χ2v) is 4.49. The number of carbonyl (C=O) groups is 1. The normalized spacial score (nSPS) is 17.2. The van der Waals surface area contributed by atoms with Crippen LogP contribution in [0.3, 0.4) is 0 Å². The molecule has 86 valence electrons. The van der Waals surface area contributed by atoms with Crippen molar-refractivity contribution in [1.29, 1.82) is 0 Å². The third-order valence-corrected chi connectivity index (χ3v) is 3.25. The molecule has 2 nitrogen and oxygen atoms in total. The van der Waals surface area contributed by atoms with Crippen molar-refractivity contribution >= 4 is 17.6 Å². The van der Waals surface area contributed by atoms with E-state index in [1.807, 2.05) is 0 Å². The first kappa shape index (κ1) is 11.3. The summed E-state index contributed by atoms with van der Waals surface area (Å²) < 4.78 is 26.9. The van der Waals surface area contributed by atoms with Gasteiger partial charge in [-0.05, 0) is 31.4 Å². The minimum absolute atomic E-state index is 0.138. The first-order chi connectivity index (χ1) is 7.46. The second-order valence-electron chi connectivity index (χ2n) is 4.08. The molecular weight excluding hydrogens is 238 g/mol. The van der Waals surface area contributed by atoms with Crippen molar-refractivity contribution in [2.75, 3.05) is 0 Å². The number of rotatable bonds is 3. The maximum atomic E-state index is 13.5. The number of benzene rings is 1. The van der Waals surface area contributed by atoms with Gasteiger partial charge in [0.15, 0.2) is 0 Å². The van der Waals surface area contributed by atoms with Gasteiger partial charge in [-0.2, -0.15) is 0 Å². The Morgan fingerprint density at radius 2 is 2.06 bits per heavy atom. The Morgan fingerprint density at radius 1 is 1.44 bits per heavy atom. The molecule has 0 heterocycles. The molecule has 2 rings (SSSR count). The van der Waals surface area contributed by atoms with Gasteiger partial charge in [0.05, 0.1) is 10.4 Å². The predicted molar refractivity (Wildman–Crippen MR) is 54.4 cm³/mol. The standard InChI is InChI=1S/C11H9ClF2O2/c12-7-1-2-8(13)6(9(7)14)5-11(3-4-11)10(15)16/h1-2H,3-5H2,(H,15,16). The van der Waals surface area contributed by atoms with Gasteiger partial charge >= 0.3 is 5.97 Å². The van der Waals surface area contributed by atoms with Crippen LogP contribution in [0.25, 0.3) is 0 Å². The van der Waals surface area contributed by atoms with E-state index in [1.165, 1.54) is 0 Å². The van der Waals surface area contributed by atoms with Crippen LogP contribution in [-0.2, 0) is 11.2 Å². The summed E-state index contributed by atoms with van der Waals surface area (Å²) in [5.41, 5.74) is -1.22. The average Bonchev–Trinajstić information content (AvgIpc) is 3.00. The molecule has 0 saturated heterocycles. The number of hydrogen-bond acceptors (Lipinski definition) is 1. The van der Waals surface area contributed by atoms with Gasteiger partial charge in [-0.25, -0.2) is 8.78 Å². The molecule has 1 aliphatic carbocycles. The van der Waals surface area contributed by atoms with E-state index in [1.54, 1.807) is 0 Å². The highest BCUT2D eigenvalue weighted by Gasteiger charge is 2.50. The van der Waals surface area contributed by atoms with Crippen LogP contribution in [0.5, 0.6) is 0 Å². The largest absolute Gasteiger partial charge is 0.481 e. The smallest absolute Gasteiger partial charge is 0.309 e. The van der Waals surface area contributed by atoms with Crippen molar-refractivity contribution in [3.63, 3.8) is 0 Å². The third-order valence-electron chi connectivity index (χ3n) is 2.96. The van der Waals surface area contributed by atoms with E-state index in [0.717, 1.165) is 12.1 Å². The highest BCUT2D eigenvalue weighted by Crippen LogP contribution is 2.49. The molecule has 1 N–H and O–H groups in total. The lowest BCUT2D eigenvalue weighted by atomic mass is 9.96. The Morgan fingerprint density at radius 3 is 2.56 bits per heavy atom. The molecule has 1 aliphatic rings. The van der Waals surface area contributed by atoms with Crippen LogP contribution in [-0.4, -0.2) is 11.1 Å². The minimum Gasteiger partial charge on any atom is -0.481 e.